The topological polar surface area (TPSA) is 102 Å². The zero-order valence-electron chi connectivity index (χ0n) is 14.1. The number of carbonyl (C=O) groups is 1. The number of alkyl halides is 1. The van der Waals surface area contributed by atoms with Crippen LogP contribution in [0.15, 0.2) is 16.8 Å². The first-order chi connectivity index (χ1) is 12.0. The van der Waals surface area contributed by atoms with Crippen molar-refractivity contribution >= 4 is 5.91 Å². The van der Waals surface area contributed by atoms with Gasteiger partial charge in [-0.3, -0.25) is 9.69 Å². The van der Waals surface area contributed by atoms with Crippen molar-refractivity contribution in [1.29, 1.82) is 5.26 Å². The maximum Gasteiger partial charge on any atom is 0.270 e. The number of nitriles is 1. The number of nitrogens with zero attached hydrogens (tertiary/aromatic N) is 5. The summed E-state index contributed by atoms with van der Waals surface area (Å²) in [5.74, 6) is 0.739. The van der Waals surface area contributed by atoms with Crippen molar-refractivity contribution in [2.45, 2.75) is 32.1 Å². The zero-order chi connectivity index (χ0) is 18.0. The molecule has 1 fully saturated rings. The number of rotatable bonds is 5. The molecule has 2 atom stereocenters. The maximum absolute atomic E-state index is 13.9. The standard InChI is InChI=1S/C16H19FN6O2/c1-10-20-15(21-25-10)9-23-7-12(17)4-13(23)8-22(2)16(24)14-3-11(5-18)6-19-14/h3,6,12-13,19H,4,7-9H2,1-2H3/t12-,13-/m0/s1. The van der Waals surface area contributed by atoms with Gasteiger partial charge in [-0.25, -0.2) is 4.39 Å². The van der Waals surface area contributed by atoms with E-state index in [1.165, 1.54) is 17.2 Å². The van der Waals surface area contributed by atoms with Crippen LogP contribution < -0.4 is 0 Å². The van der Waals surface area contributed by atoms with Crippen LogP contribution in [0.2, 0.25) is 0 Å². The summed E-state index contributed by atoms with van der Waals surface area (Å²) in [5, 5.41) is 12.7. The molecule has 0 unspecified atom stereocenters. The molecule has 0 spiro atoms. The third kappa shape index (κ3) is 3.85. The number of aryl methyl sites for hydroxylation is 1. The van der Waals surface area contributed by atoms with E-state index in [0.29, 0.717) is 42.5 Å². The highest BCUT2D eigenvalue weighted by atomic mass is 19.1. The summed E-state index contributed by atoms with van der Waals surface area (Å²) >= 11 is 0. The summed E-state index contributed by atoms with van der Waals surface area (Å²) in [6.45, 7) is 2.73. The Hall–Kier alpha value is -2.73. The molecule has 0 aliphatic carbocycles. The molecule has 25 heavy (non-hydrogen) atoms. The quantitative estimate of drug-likeness (QED) is 0.874. The third-order valence-corrected chi connectivity index (χ3v) is 4.26. The number of carbonyl (C=O) groups excluding carboxylic acids is 1. The summed E-state index contributed by atoms with van der Waals surface area (Å²) < 4.78 is 18.9. The van der Waals surface area contributed by atoms with E-state index in [1.54, 1.807) is 14.0 Å². The number of hydrogen-bond acceptors (Lipinski definition) is 6. The third-order valence-electron chi connectivity index (χ3n) is 4.26. The monoisotopic (exact) mass is 346 g/mol. The smallest absolute Gasteiger partial charge is 0.270 e. The van der Waals surface area contributed by atoms with Gasteiger partial charge in [0.2, 0.25) is 5.89 Å². The Bertz CT molecular complexity index is 795. The Morgan fingerprint density at radius 3 is 3.08 bits per heavy atom. The van der Waals surface area contributed by atoms with Gasteiger partial charge in [0.1, 0.15) is 17.9 Å². The molecule has 3 heterocycles. The Morgan fingerprint density at radius 1 is 1.64 bits per heavy atom. The van der Waals surface area contributed by atoms with Crippen LogP contribution in [0, 0.1) is 18.3 Å². The van der Waals surface area contributed by atoms with Crippen molar-refractivity contribution in [2.75, 3.05) is 20.1 Å². The first kappa shape index (κ1) is 17.1. The Morgan fingerprint density at radius 2 is 2.44 bits per heavy atom. The van der Waals surface area contributed by atoms with Gasteiger partial charge in [0.05, 0.1) is 12.1 Å². The Labute approximate surface area is 144 Å². The fraction of sp³-hybridized carbons (Fsp3) is 0.500. The molecule has 9 heteroatoms. The predicted octanol–water partition coefficient (Wildman–Crippen LogP) is 1.26. The molecular formula is C16H19FN6O2. The number of likely N-dealkylation sites (tertiary alicyclic amines) is 1. The number of aromatic nitrogens is 3. The fourth-order valence-electron chi connectivity index (χ4n) is 3.08. The van der Waals surface area contributed by atoms with Crippen LogP contribution in [0.1, 0.15) is 34.2 Å². The highest BCUT2D eigenvalue weighted by molar-refractivity contribution is 5.92. The fourth-order valence-corrected chi connectivity index (χ4v) is 3.08. The number of H-pyrrole nitrogens is 1. The number of likely N-dealkylation sites (N-methyl/N-ethyl adjacent to an activating group) is 1. The second kappa shape index (κ2) is 7.03. The van der Waals surface area contributed by atoms with Crippen molar-refractivity contribution in [3.8, 4) is 6.07 Å². The van der Waals surface area contributed by atoms with Crippen molar-refractivity contribution in [2.24, 2.45) is 0 Å². The molecule has 1 saturated heterocycles. The minimum absolute atomic E-state index is 0.131. The lowest BCUT2D eigenvalue weighted by molar-refractivity contribution is 0.0743. The van der Waals surface area contributed by atoms with E-state index >= 15 is 0 Å². The molecule has 0 aromatic carbocycles. The van der Waals surface area contributed by atoms with Crippen LogP contribution in [0.25, 0.3) is 0 Å². The number of amides is 1. The van der Waals surface area contributed by atoms with E-state index in [1.807, 2.05) is 11.0 Å². The molecule has 0 radical (unpaired) electrons. The van der Waals surface area contributed by atoms with Crippen LogP contribution in [-0.4, -0.2) is 63.2 Å². The normalized spacial score (nSPS) is 20.6. The molecule has 8 nitrogen and oxygen atoms in total. The van der Waals surface area contributed by atoms with Crippen LogP contribution in [-0.2, 0) is 6.54 Å². The summed E-state index contributed by atoms with van der Waals surface area (Å²) in [4.78, 5) is 22.8. The van der Waals surface area contributed by atoms with Crippen molar-refractivity contribution in [3.05, 3.63) is 35.2 Å². The van der Waals surface area contributed by atoms with Crippen molar-refractivity contribution in [3.63, 3.8) is 0 Å². The lowest BCUT2D eigenvalue weighted by Crippen LogP contribution is -2.41. The molecule has 2 aromatic heterocycles. The molecule has 3 rings (SSSR count). The van der Waals surface area contributed by atoms with E-state index in [4.69, 9.17) is 9.78 Å². The van der Waals surface area contributed by atoms with Gasteiger partial charge in [-0.1, -0.05) is 5.16 Å². The van der Waals surface area contributed by atoms with Gasteiger partial charge in [-0.05, 0) is 12.5 Å². The minimum Gasteiger partial charge on any atom is -0.356 e. The first-order valence-electron chi connectivity index (χ1n) is 7.97. The molecule has 0 bridgehead atoms. The van der Waals surface area contributed by atoms with E-state index < -0.39 is 6.17 Å². The van der Waals surface area contributed by atoms with Crippen LogP contribution in [0.3, 0.4) is 0 Å². The van der Waals surface area contributed by atoms with Gasteiger partial charge in [-0.15, -0.1) is 0 Å². The zero-order valence-corrected chi connectivity index (χ0v) is 14.1. The van der Waals surface area contributed by atoms with Gasteiger partial charge in [0.25, 0.3) is 5.91 Å². The van der Waals surface area contributed by atoms with Crippen molar-refractivity contribution < 1.29 is 13.7 Å². The van der Waals surface area contributed by atoms with Crippen LogP contribution in [0.5, 0.6) is 0 Å². The first-order valence-corrected chi connectivity index (χ1v) is 7.97. The number of aromatic amines is 1. The SMILES string of the molecule is Cc1nc(CN2C[C@@H](F)C[C@H]2CN(C)C(=O)c2cc(C#N)c[nH]2)no1. The second-order valence-electron chi connectivity index (χ2n) is 6.25. The number of nitrogens with one attached hydrogen (secondary N) is 1. The Balaban J connectivity index is 1.64. The predicted molar refractivity (Wildman–Crippen MR) is 85.2 cm³/mol. The van der Waals surface area contributed by atoms with E-state index in [-0.39, 0.29) is 18.5 Å². The molecular weight excluding hydrogens is 327 g/mol. The van der Waals surface area contributed by atoms with E-state index in [2.05, 4.69) is 15.1 Å². The van der Waals surface area contributed by atoms with Crippen LogP contribution in [0.4, 0.5) is 4.39 Å². The van der Waals surface area contributed by atoms with Gasteiger partial charge in [0.15, 0.2) is 5.82 Å². The second-order valence-corrected chi connectivity index (χ2v) is 6.25. The molecule has 1 amide bonds. The average Bonchev–Trinajstić information content (AvgIpc) is 3.28. The molecule has 132 valence electrons. The lowest BCUT2D eigenvalue weighted by Gasteiger charge is -2.27. The molecule has 1 N–H and O–H groups in total. The Kier molecular flexibility index (Phi) is 4.81. The van der Waals surface area contributed by atoms with Crippen molar-refractivity contribution in [1.82, 2.24) is 24.9 Å². The minimum atomic E-state index is -0.947. The maximum atomic E-state index is 13.9. The molecule has 1 aliphatic rings. The highest BCUT2D eigenvalue weighted by Crippen LogP contribution is 2.23. The lowest BCUT2D eigenvalue weighted by atomic mass is 10.2. The van der Waals surface area contributed by atoms with Gasteiger partial charge < -0.3 is 14.4 Å². The summed E-state index contributed by atoms with van der Waals surface area (Å²) in [5.41, 5.74) is 0.740. The molecule has 2 aromatic rings. The summed E-state index contributed by atoms with van der Waals surface area (Å²) in [7, 11) is 1.66. The highest BCUT2D eigenvalue weighted by Gasteiger charge is 2.34. The van der Waals surface area contributed by atoms with Gasteiger partial charge >= 0.3 is 0 Å². The van der Waals surface area contributed by atoms with Gasteiger partial charge in [-0.2, -0.15) is 10.2 Å². The number of hydrogen-bond donors (Lipinski definition) is 1. The molecule has 0 saturated carbocycles. The average molecular weight is 346 g/mol. The van der Waals surface area contributed by atoms with E-state index in [0.717, 1.165) is 0 Å². The summed E-state index contributed by atoms with van der Waals surface area (Å²) in [6, 6.07) is 3.35. The van der Waals surface area contributed by atoms with E-state index in [9.17, 15) is 9.18 Å². The summed E-state index contributed by atoms with van der Waals surface area (Å²) in [6.07, 6.45) is 0.888. The largest absolute Gasteiger partial charge is 0.356 e. The number of halogens is 1. The van der Waals surface area contributed by atoms with Gasteiger partial charge in [0, 0.05) is 39.3 Å². The van der Waals surface area contributed by atoms with Crippen LogP contribution >= 0.6 is 0 Å². The molecule has 1 aliphatic heterocycles.